The van der Waals surface area contributed by atoms with Crippen molar-refractivity contribution < 1.29 is 9.53 Å². The number of esters is 1. The summed E-state index contributed by atoms with van der Waals surface area (Å²) in [5.74, 6) is -0.336. The molecule has 0 atom stereocenters. The summed E-state index contributed by atoms with van der Waals surface area (Å²) in [5, 5.41) is 3.38. The first-order chi connectivity index (χ1) is 10.0. The number of nitrogens with one attached hydrogen (secondary N) is 1. The molecular formula is C16H15Br2NO2. The molecule has 0 aliphatic carbocycles. The van der Waals surface area contributed by atoms with Gasteiger partial charge >= 0.3 is 5.97 Å². The smallest absolute Gasteiger partial charge is 0.337 e. The van der Waals surface area contributed by atoms with E-state index in [-0.39, 0.29) is 5.97 Å². The molecule has 1 N–H and O–H groups in total. The Morgan fingerprint density at radius 3 is 2.57 bits per heavy atom. The van der Waals surface area contributed by atoms with Crippen molar-refractivity contribution in [1.29, 1.82) is 0 Å². The molecule has 0 fully saturated rings. The quantitative estimate of drug-likeness (QED) is 0.724. The Balaban J connectivity index is 2.13. The SMILES string of the molecule is COC(=O)c1ccc(CNc2cc(C)ccc2Br)c(Br)c1. The van der Waals surface area contributed by atoms with E-state index in [0.717, 1.165) is 20.2 Å². The number of rotatable bonds is 4. The van der Waals surface area contributed by atoms with Crippen LogP contribution < -0.4 is 5.32 Å². The van der Waals surface area contributed by atoms with Gasteiger partial charge in [-0.15, -0.1) is 0 Å². The van der Waals surface area contributed by atoms with Crippen LogP contribution in [0.2, 0.25) is 0 Å². The van der Waals surface area contributed by atoms with Gasteiger partial charge in [0, 0.05) is 21.2 Å². The predicted molar refractivity (Wildman–Crippen MR) is 91.7 cm³/mol. The monoisotopic (exact) mass is 411 g/mol. The number of halogens is 2. The highest BCUT2D eigenvalue weighted by atomic mass is 79.9. The molecule has 2 aromatic carbocycles. The fourth-order valence-electron chi connectivity index (χ4n) is 1.90. The van der Waals surface area contributed by atoms with Crippen LogP contribution >= 0.6 is 31.9 Å². The third kappa shape index (κ3) is 4.08. The van der Waals surface area contributed by atoms with Crippen molar-refractivity contribution >= 4 is 43.5 Å². The molecule has 0 saturated carbocycles. The first-order valence-corrected chi connectivity index (χ1v) is 7.96. The fourth-order valence-corrected chi connectivity index (χ4v) is 2.81. The molecular weight excluding hydrogens is 398 g/mol. The number of methoxy groups -OCH3 is 1. The summed E-state index contributed by atoms with van der Waals surface area (Å²) in [6, 6.07) is 11.6. The van der Waals surface area contributed by atoms with E-state index in [2.05, 4.69) is 56.2 Å². The maximum Gasteiger partial charge on any atom is 0.337 e. The van der Waals surface area contributed by atoms with E-state index < -0.39 is 0 Å². The minimum Gasteiger partial charge on any atom is -0.465 e. The molecule has 5 heteroatoms. The number of hydrogen-bond donors (Lipinski definition) is 1. The van der Waals surface area contributed by atoms with Crippen molar-refractivity contribution in [3.8, 4) is 0 Å². The number of carbonyl (C=O) groups excluding carboxylic acids is 1. The first kappa shape index (κ1) is 16.0. The molecule has 3 nitrogen and oxygen atoms in total. The molecule has 2 aromatic rings. The highest BCUT2D eigenvalue weighted by molar-refractivity contribution is 9.11. The summed E-state index contributed by atoms with van der Waals surface area (Å²) in [6.07, 6.45) is 0. The van der Waals surface area contributed by atoms with Gasteiger partial charge in [0.1, 0.15) is 0 Å². The van der Waals surface area contributed by atoms with Gasteiger partial charge in [0.15, 0.2) is 0 Å². The Labute approximate surface area is 141 Å². The molecule has 0 aliphatic rings. The van der Waals surface area contributed by atoms with Crippen molar-refractivity contribution in [2.45, 2.75) is 13.5 Å². The Morgan fingerprint density at radius 2 is 1.90 bits per heavy atom. The van der Waals surface area contributed by atoms with E-state index in [1.165, 1.54) is 12.7 Å². The maximum absolute atomic E-state index is 11.5. The van der Waals surface area contributed by atoms with Crippen LogP contribution in [0.5, 0.6) is 0 Å². The molecule has 2 rings (SSSR count). The van der Waals surface area contributed by atoms with E-state index in [1.54, 1.807) is 12.1 Å². The summed E-state index contributed by atoms with van der Waals surface area (Å²) < 4.78 is 6.61. The van der Waals surface area contributed by atoms with Gasteiger partial charge in [0.05, 0.1) is 12.7 Å². The average Bonchev–Trinajstić information content (AvgIpc) is 2.48. The number of hydrogen-bond acceptors (Lipinski definition) is 3. The first-order valence-electron chi connectivity index (χ1n) is 6.38. The van der Waals surface area contributed by atoms with Crippen molar-refractivity contribution in [2.24, 2.45) is 0 Å². The number of aryl methyl sites for hydroxylation is 1. The van der Waals surface area contributed by atoms with Gasteiger partial charge in [-0.1, -0.05) is 28.1 Å². The summed E-state index contributed by atoms with van der Waals surface area (Å²) in [5.41, 5.74) is 3.83. The molecule has 0 heterocycles. The van der Waals surface area contributed by atoms with Gasteiger partial charge in [-0.05, 0) is 58.2 Å². The summed E-state index contributed by atoms with van der Waals surface area (Å²) in [7, 11) is 1.38. The van der Waals surface area contributed by atoms with Crippen LogP contribution in [0.3, 0.4) is 0 Å². The zero-order valence-electron chi connectivity index (χ0n) is 11.7. The van der Waals surface area contributed by atoms with Crippen LogP contribution in [0, 0.1) is 6.92 Å². The van der Waals surface area contributed by atoms with Gasteiger partial charge in [0.2, 0.25) is 0 Å². The maximum atomic E-state index is 11.5. The van der Waals surface area contributed by atoms with Crippen molar-refractivity contribution in [3.63, 3.8) is 0 Å². The van der Waals surface area contributed by atoms with Crippen molar-refractivity contribution in [3.05, 3.63) is 62.0 Å². The Bertz CT molecular complexity index is 671. The molecule has 0 aliphatic heterocycles. The van der Waals surface area contributed by atoms with Crippen LogP contribution in [0.15, 0.2) is 45.3 Å². The van der Waals surface area contributed by atoms with E-state index in [0.29, 0.717) is 12.1 Å². The molecule has 0 radical (unpaired) electrons. The second-order valence-electron chi connectivity index (χ2n) is 4.63. The van der Waals surface area contributed by atoms with E-state index >= 15 is 0 Å². The third-order valence-electron chi connectivity index (χ3n) is 3.07. The van der Waals surface area contributed by atoms with E-state index in [9.17, 15) is 4.79 Å². The van der Waals surface area contributed by atoms with Gasteiger partial charge in [-0.2, -0.15) is 0 Å². The predicted octanol–water partition coefficient (Wildman–Crippen LogP) is 4.92. The van der Waals surface area contributed by atoms with Crippen LogP contribution in [0.1, 0.15) is 21.5 Å². The zero-order valence-corrected chi connectivity index (χ0v) is 14.9. The number of anilines is 1. The molecule has 21 heavy (non-hydrogen) atoms. The highest BCUT2D eigenvalue weighted by Gasteiger charge is 2.09. The topological polar surface area (TPSA) is 38.3 Å². The van der Waals surface area contributed by atoms with Gasteiger partial charge < -0.3 is 10.1 Å². The number of benzene rings is 2. The van der Waals surface area contributed by atoms with E-state index in [4.69, 9.17) is 4.74 Å². The zero-order chi connectivity index (χ0) is 15.4. The van der Waals surface area contributed by atoms with Crippen molar-refractivity contribution in [2.75, 3.05) is 12.4 Å². The van der Waals surface area contributed by atoms with E-state index in [1.807, 2.05) is 12.1 Å². The largest absolute Gasteiger partial charge is 0.465 e. The lowest BCUT2D eigenvalue weighted by atomic mass is 10.1. The molecule has 0 unspecified atom stereocenters. The number of carbonyl (C=O) groups is 1. The van der Waals surface area contributed by atoms with Crippen LogP contribution in [-0.4, -0.2) is 13.1 Å². The summed E-state index contributed by atoms with van der Waals surface area (Å²) in [6.45, 7) is 2.71. The van der Waals surface area contributed by atoms with Gasteiger partial charge in [-0.25, -0.2) is 4.79 Å². The second kappa shape index (κ2) is 7.09. The molecule has 0 spiro atoms. The lowest BCUT2D eigenvalue weighted by Gasteiger charge is -2.11. The molecule has 0 bridgehead atoms. The van der Waals surface area contributed by atoms with Gasteiger partial charge in [0.25, 0.3) is 0 Å². The van der Waals surface area contributed by atoms with Crippen LogP contribution in [0.25, 0.3) is 0 Å². The highest BCUT2D eigenvalue weighted by Crippen LogP contribution is 2.25. The Morgan fingerprint density at radius 1 is 1.14 bits per heavy atom. The molecule has 110 valence electrons. The fraction of sp³-hybridized carbons (Fsp3) is 0.188. The summed E-state index contributed by atoms with van der Waals surface area (Å²) in [4.78, 5) is 11.5. The second-order valence-corrected chi connectivity index (χ2v) is 6.34. The van der Waals surface area contributed by atoms with Crippen molar-refractivity contribution in [1.82, 2.24) is 0 Å². The summed E-state index contributed by atoms with van der Waals surface area (Å²) >= 11 is 7.02. The lowest BCUT2D eigenvalue weighted by Crippen LogP contribution is -2.04. The minimum atomic E-state index is -0.336. The third-order valence-corrected chi connectivity index (χ3v) is 4.50. The average molecular weight is 413 g/mol. The molecule has 0 amide bonds. The Kier molecular flexibility index (Phi) is 5.42. The lowest BCUT2D eigenvalue weighted by molar-refractivity contribution is 0.0600. The normalized spacial score (nSPS) is 10.3. The van der Waals surface area contributed by atoms with Gasteiger partial charge in [-0.3, -0.25) is 0 Å². The molecule has 0 saturated heterocycles. The molecule has 0 aromatic heterocycles. The minimum absolute atomic E-state index is 0.336. The van der Waals surface area contributed by atoms with Crippen LogP contribution in [0.4, 0.5) is 5.69 Å². The van der Waals surface area contributed by atoms with Crippen LogP contribution in [-0.2, 0) is 11.3 Å². The standard InChI is InChI=1S/C16H15Br2NO2/c1-10-3-6-13(17)15(7-10)19-9-12-5-4-11(8-14(12)18)16(20)21-2/h3-8,19H,9H2,1-2H3. The number of ether oxygens (including phenoxy) is 1. The Hall–Kier alpha value is -1.33.